The molecule has 0 radical (unpaired) electrons. The van der Waals surface area contributed by atoms with Crippen molar-refractivity contribution in [1.29, 1.82) is 0 Å². The average Bonchev–Trinajstić information content (AvgIpc) is 3.13. The average molecular weight is 336 g/mol. The fourth-order valence-electron chi connectivity index (χ4n) is 2.57. The van der Waals surface area contributed by atoms with E-state index in [1.165, 1.54) is 6.33 Å². The van der Waals surface area contributed by atoms with Crippen LogP contribution in [-0.4, -0.2) is 31.8 Å². The normalized spacial score (nSPS) is 13.2. The zero-order valence-electron chi connectivity index (χ0n) is 13.9. The third kappa shape index (κ3) is 4.30. The molecular formula is C19H20N4O2. The number of carbonyl (C=O) groups excluding carboxylic acids is 1. The minimum atomic E-state index is -0.633. The molecule has 128 valence electrons. The third-order valence-corrected chi connectivity index (χ3v) is 3.85. The summed E-state index contributed by atoms with van der Waals surface area (Å²) in [4.78, 5) is 16.3. The molecule has 25 heavy (non-hydrogen) atoms. The first kappa shape index (κ1) is 16.9. The van der Waals surface area contributed by atoms with E-state index in [2.05, 4.69) is 15.4 Å². The maximum Gasteiger partial charge on any atom is 0.291 e. The van der Waals surface area contributed by atoms with E-state index >= 15 is 0 Å². The molecule has 0 aliphatic carbocycles. The summed E-state index contributed by atoms with van der Waals surface area (Å²) >= 11 is 0. The minimum absolute atomic E-state index is 0.102. The van der Waals surface area contributed by atoms with Crippen LogP contribution in [0.2, 0.25) is 0 Å². The first-order valence-electron chi connectivity index (χ1n) is 8.14. The third-order valence-electron chi connectivity index (χ3n) is 3.85. The molecule has 2 unspecified atom stereocenters. The van der Waals surface area contributed by atoms with Crippen molar-refractivity contribution in [2.75, 3.05) is 0 Å². The van der Waals surface area contributed by atoms with Crippen LogP contribution in [0.15, 0.2) is 67.0 Å². The Morgan fingerprint density at radius 2 is 1.76 bits per heavy atom. The van der Waals surface area contributed by atoms with Gasteiger partial charge in [0.2, 0.25) is 5.82 Å². The zero-order chi connectivity index (χ0) is 17.6. The van der Waals surface area contributed by atoms with Gasteiger partial charge >= 0.3 is 0 Å². The number of aromatic nitrogens is 3. The summed E-state index contributed by atoms with van der Waals surface area (Å²) in [5, 5.41) is 17.3. The highest BCUT2D eigenvalue weighted by Crippen LogP contribution is 2.17. The molecule has 2 N–H and O–H groups in total. The maximum atomic E-state index is 12.3. The van der Waals surface area contributed by atoms with Gasteiger partial charge < -0.3 is 10.4 Å². The number of nitrogens with zero attached hydrogens (tertiary/aromatic N) is 3. The number of carbonyl (C=O) groups is 1. The maximum absolute atomic E-state index is 12.3. The molecule has 0 spiro atoms. The molecule has 0 aliphatic heterocycles. The van der Waals surface area contributed by atoms with Gasteiger partial charge in [0, 0.05) is 6.04 Å². The lowest BCUT2D eigenvalue weighted by molar-refractivity contribution is 0.0906. The van der Waals surface area contributed by atoms with Gasteiger partial charge in [-0.15, -0.1) is 5.10 Å². The SMILES string of the molecule is CC(CC(O)c1ccccc1)NC(=O)c1ncn(-c2ccccc2)n1. The van der Waals surface area contributed by atoms with Gasteiger partial charge in [0.25, 0.3) is 5.91 Å². The molecule has 0 fully saturated rings. The minimum Gasteiger partial charge on any atom is -0.388 e. The van der Waals surface area contributed by atoms with Gasteiger partial charge in [0.15, 0.2) is 0 Å². The van der Waals surface area contributed by atoms with Crippen molar-refractivity contribution in [3.05, 3.63) is 78.4 Å². The Morgan fingerprint density at radius 3 is 2.44 bits per heavy atom. The van der Waals surface area contributed by atoms with Crippen LogP contribution < -0.4 is 5.32 Å². The number of para-hydroxylation sites is 1. The van der Waals surface area contributed by atoms with Crippen LogP contribution in [-0.2, 0) is 0 Å². The van der Waals surface area contributed by atoms with Crippen LogP contribution in [0, 0.1) is 0 Å². The van der Waals surface area contributed by atoms with Gasteiger partial charge in [-0.1, -0.05) is 48.5 Å². The molecular weight excluding hydrogens is 316 g/mol. The second kappa shape index (κ2) is 7.72. The summed E-state index contributed by atoms with van der Waals surface area (Å²) in [6.45, 7) is 1.85. The molecule has 0 saturated carbocycles. The Bertz CT molecular complexity index is 818. The van der Waals surface area contributed by atoms with E-state index in [4.69, 9.17) is 0 Å². The van der Waals surface area contributed by atoms with E-state index in [-0.39, 0.29) is 17.8 Å². The summed E-state index contributed by atoms with van der Waals surface area (Å²) in [6, 6.07) is 18.6. The Balaban J connectivity index is 1.59. The van der Waals surface area contributed by atoms with Crippen molar-refractivity contribution in [1.82, 2.24) is 20.1 Å². The van der Waals surface area contributed by atoms with Gasteiger partial charge in [-0.25, -0.2) is 9.67 Å². The molecule has 6 heteroatoms. The molecule has 0 aliphatic rings. The number of hydrogen-bond donors (Lipinski definition) is 2. The van der Waals surface area contributed by atoms with Crippen LogP contribution >= 0.6 is 0 Å². The number of rotatable bonds is 6. The number of amides is 1. The van der Waals surface area contributed by atoms with Crippen molar-refractivity contribution in [2.45, 2.75) is 25.5 Å². The van der Waals surface area contributed by atoms with Crippen molar-refractivity contribution in [3.63, 3.8) is 0 Å². The van der Waals surface area contributed by atoms with Crippen LogP contribution in [0.5, 0.6) is 0 Å². The Morgan fingerprint density at radius 1 is 1.12 bits per heavy atom. The van der Waals surface area contributed by atoms with Gasteiger partial charge in [0.1, 0.15) is 6.33 Å². The van der Waals surface area contributed by atoms with Gasteiger partial charge in [-0.2, -0.15) is 0 Å². The van der Waals surface area contributed by atoms with E-state index in [1.807, 2.05) is 67.6 Å². The molecule has 1 amide bonds. The number of hydrogen-bond acceptors (Lipinski definition) is 4. The summed E-state index contributed by atoms with van der Waals surface area (Å²) in [7, 11) is 0. The Kier molecular flexibility index (Phi) is 5.20. The van der Waals surface area contributed by atoms with E-state index in [9.17, 15) is 9.90 Å². The van der Waals surface area contributed by atoms with E-state index < -0.39 is 6.10 Å². The lowest BCUT2D eigenvalue weighted by Gasteiger charge is -2.17. The van der Waals surface area contributed by atoms with Gasteiger partial charge in [-0.05, 0) is 31.0 Å². The first-order valence-corrected chi connectivity index (χ1v) is 8.14. The van der Waals surface area contributed by atoms with E-state index in [0.29, 0.717) is 6.42 Å². The fourth-order valence-corrected chi connectivity index (χ4v) is 2.57. The lowest BCUT2D eigenvalue weighted by atomic mass is 10.0. The number of benzene rings is 2. The lowest BCUT2D eigenvalue weighted by Crippen LogP contribution is -2.34. The van der Waals surface area contributed by atoms with Crippen molar-refractivity contribution >= 4 is 5.91 Å². The summed E-state index contributed by atoms with van der Waals surface area (Å²) < 4.78 is 1.55. The highest BCUT2D eigenvalue weighted by Gasteiger charge is 2.18. The van der Waals surface area contributed by atoms with Crippen molar-refractivity contribution in [3.8, 4) is 5.69 Å². The highest BCUT2D eigenvalue weighted by molar-refractivity contribution is 5.90. The van der Waals surface area contributed by atoms with Crippen molar-refractivity contribution < 1.29 is 9.90 Å². The van der Waals surface area contributed by atoms with Crippen LogP contribution in [0.25, 0.3) is 5.69 Å². The highest BCUT2D eigenvalue weighted by atomic mass is 16.3. The Hall–Kier alpha value is -2.99. The van der Waals surface area contributed by atoms with E-state index in [0.717, 1.165) is 11.3 Å². The van der Waals surface area contributed by atoms with Gasteiger partial charge in [0.05, 0.1) is 11.8 Å². The predicted molar refractivity (Wildman–Crippen MR) is 94.3 cm³/mol. The number of aliphatic hydroxyl groups excluding tert-OH is 1. The number of nitrogens with one attached hydrogen (secondary N) is 1. The molecule has 0 bridgehead atoms. The molecule has 3 rings (SSSR count). The molecule has 0 saturated heterocycles. The van der Waals surface area contributed by atoms with Crippen LogP contribution in [0.1, 0.15) is 35.6 Å². The van der Waals surface area contributed by atoms with Crippen LogP contribution in [0.3, 0.4) is 0 Å². The van der Waals surface area contributed by atoms with Gasteiger partial charge in [-0.3, -0.25) is 4.79 Å². The monoisotopic (exact) mass is 336 g/mol. The molecule has 2 aromatic carbocycles. The molecule has 1 aromatic heterocycles. The summed E-state index contributed by atoms with van der Waals surface area (Å²) in [5.74, 6) is -0.257. The molecule has 6 nitrogen and oxygen atoms in total. The fraction of sp³-hybridized carbons (Fsp3) is 0.211. The topological polar surface area (TPSA) is 80.0 Å². The molecule has 3 aromatic rings. The summed E-state index contributed by atoms with van der Waals surface area (Å²) in [6.07, 6.45) is 1.29. The predicted octanol–water partition coefficient (Wildman–Crippen LogP) is 2.51. The smallest absolute Gasteiger partial charge is 0.291 e. The largest absolute Gasteiger partial charge is 0.388 e. The first-order chi connectivity index (χ1) is 12.1. The van der Waals surface area contributed by atoms with Crippen LogP contribution in [0.4, 0.5) is 0 Å². The van der Waals surface area contributed by atoms with E-state index in [1.54, 1.807) is 4.68 Å². The molecule has 2 atom stereocenters. The zero-order valence-corrected chi connectivity index (χ0v) is 13.9. The quantitative estimate of drug-likeness (QED) is 0.725. The Labute approximate surface area is 146 Å². The second-order valence-electron chi connectivity index (χ2n) is 5.88. The standard InChI is InChI=1S/C19H20N4O2/c1-14(12-17(24)15-8-4-2-5-9-15)21-19(25)18-20-13-23(22-18)16-10-6-3-7-11-16/h2-11,13-14,17,24H,12H2,1H3,(H,21,25). The number of aliphatic hydroxyl groups is 1. The summed E-state index contributed by atoms with van der Waals surface area (Å²) in [5.41, 5.74) is 1.66. The van der Waals surface area contributed by atoms with Crippen molar-refractivity contribution in [2.24, 2.45) is 0 Å². The molecule has 1 heterocycles. The second-order valence-corrected chi connectivity index (χ2v) is 5.88.